The first-order chi connectivity index (χ1) is 17.8. The third-order valence-electron chi connectivity index (χ3n) is 6.54. The number of benzene rings is 4. The van der Waals surface area contributed by atoms with Crippen molar-refractivity contribution in [3.8, 4) is 5.75 Å². The maximum atomic E-state index is 13.5. The molecular weight excluding hydrogens is 462 g/mol. The van der Waals surface area contributed by atoms with Gasteiger partial charge in [-0.05, 0) is 59.5 Å². The van der Waals surface area contributed by atoms with Crippen LogP contribution in [0.1, 0.15) is 36.6 Å². The lowest BCUT2D eigenvalue weighted by Gasteiger charge is -2.26. The van der Waals surface area contributed by atoms with Crippen molar-refractivity contribution in [3.05, 3.63) is 113 Å². The monoisotopic (exact) mass is 491 g/mol. The second-order valence-electron chi connectivity index (χ2n) is 9.84. The Balaban J connectivity index is 1.68. The van der Waals surface area contributed by atoms with Crippen LogP contribution in [0.4, 0.5) is 5.69 Å². The molecule has 1 N–H and O–H groups in total. The summed E-state index contributed by atoms with van der Waals surface area (Å²) in [7, 11) is 0. The van der Waals surface area contributed by atoms with Gasteiger partial charge in [-0.1, -0.05) is 80.1 Å². The number of carbonyl (C=O) groups excluding carboxylic acids is 2. The number of rotatable bonds is 6. The molecule has 37 heavy (non-hydrogen) atoms. The van der Waals surface area contributed by atoms with E-state index in [-0.39, 0.29) is 11.3 Å². The summed E-state index contributed by atoms with van der Waals surface area (Å²) in [4.78, 5) is 28.4. The molecule has 1 heterocycles. The smallest absolute Gasteiger partial charge is 0.300 e. The number of hydrogen-bond donors (Lipinski definition) is 1. The number of carbonyl (C=O) groups is 2. The second-order valence-corrected chi connectivity index (χ2v) is 9.84. The van der Waals surface area contributed by atoms with E-state index in [1.54, 1.807) is 6.07 Å². The molecule has 5 nitrogen and oxygen atoms in total. The average molecular weight is 492 g/mol. The Hall–Kier alpha value is -4.38. The molecule has 1 fully saturated rings. The minimum atomic E-state index is -0.809. The Morgan fingerprint density at radius 2 is 1.62 bits per heavy atom. The summed E-state index contributed by atoms with van der Waals surface area (Å²) < 4.78 is 5.94. The molecule has 1 saturated heterocycles. The maximum absolute atomic E-state index is 13.5. The van der Waals surface area contributed by atoms with Crippen molar-refractivity contribution < 1.29 is 19.4 Å². The van der Waals surface area contributed by atoms with Crippen LogP contribution in [-0.2, 0) is 9.59 Å². The lowest BCUT2D eigenvalue weighted by molar-refractivity contribution is -0.132. The summed E-state index contributed by atoms with van der Waals surface area (Å²) >= 11 is 0. The number of fused-ring (bicyclic) bond motifs is 1. The van der Waals surface area contributed by atoms with Gasteiger partial charge in [-0.2, -0.15) is 0 Å². The molecule has 1 aliphatic heterocycles. The highest BCUT2D eigenvalue weighted by molar-refractivity contribution is 6.51. The van der Waals surface area contributed by atoms with Crippen molar-refractivity contribution >= 4 is 33.9 Å². The van der Waals surface area contributed by atoms with Gasteiger partial charge < -0.3 is 9.84 Å². The maximum Gasteiger partial charge on any atom is 0.300 e. The number of hydrogen-bond acceptors (Lipinski definition) is 4. The predicted octanol–water partition coefficient (Wildman–Crippen LogP) is 6.81. The molecule has 0 radical (unpaired) electrons. The lowest BCUT2D eigenvalue weighted by Crippen LogP contribution is -2.29. The summed E-state index contributed by atoms with van der Waals surface area (Å²) in [6.07, 6.45) is 0. The van der Waals surface area contributed by atoms with Crippen LogP contribution in [0.15, 0.2) is 96.6 Å². The van der Waals surface area contributed by atoms with E-state index in [1.807, 2.05) is 91.9 Å². The minimum Gasteiger partial charge on any atom is -0.507 e. The van der Waals surface area contributed by atoms with E-state index in [1.165, 1.54) is 4.90 Å². The van der Waals surface area contributed by atoms with Crippen molar-refractivity contribution in [2.24, 2.45) is 5.92 Å². The Bertz CT molecular complexity index is 1520. The van der Waals surface area contributed by atoms with Gasteiger partial charge in [0.15, 0.2) is 0 Å². The molecule has 186 valence electrons. The van der Waals surface area contributed by atoms with Gasteiger partial charge in [0.1, 0.15) is 11.5 Å². The zero-order valence-electron chi connectivity index (χ0n) is 21.1. The molecule has 0 spiro atoms. The number of amides is 1. The number of nitrogens with zero attached hydrogens (tertiary/aromatic N) is 1. The highest BCUT2D eigenvalue weighted by Gasteiger charge is 2.47. The van der Waals surface area contributed by atoms with Gasteiger partial charge in [-0.3, -0.25) is 14.5 Å². The SMILES string of the molecule is Cc1ccc(N2C(=O)C(=O)/C(=C(\O)c3ccc4ccccc4c3)C2c2cccc(OCC(C)C)c2)cc1. The van der Waals surface area contributed by atoms with Gasteiger partial charge in [0.2, 0.25) is 0 Å². The fraction of sp³-hybridized carbons (Fsp3) is 0.188. The van der Waals surface area contributed by atoms with Crippen LogP contribution in [0.3, 0.4) is 0 Å². The number of anilines is 1. The van der Waals surface area contributed by atoms with Gasteiger partial charge in [-0.25, -0.2) is 0 Å². The molecule has 0 aromatic heterocycles. The Morgan fingerprint density at radius 3 is 2.35 bits per heavy atom. The van der Waals surface area contributed by atoms with E-state index in [0.29, 0.717) is 35.1 Å². The number of aryl methyl sites for hydroxylation is 1. The molecule has 4 aromatic carbocycles. The third-order valence-corrected chi connectivity index (χ3v) is 6.54. The number of ether oxygens (including phenoxy) is 1. The fourth-order valence-electron chi connectivity index (χ4n) is 4.65. The number of aliphatic hydroxyl groups excluding tert-OH is 1. The van der Waals surface area contributed by atoms with E-state index < -0.39 is 17.7 Å². The zero-order valence-corrected chi connectivity index (χ0v) is 21.1. The molecular formula is C32H29NO4. The van der Waals surface area contributed by atoms with E-state index >= 15 is 0 Å². The Kier molecular flexibility index (Phi) is 6.53. The largest absolute Gasteiger partial charge is 0.507 e. The summed E-state index contributed by atoms with van der Waals surface area (Å²) in [6.45, 7) is 6.64. The number of Topliss-reactive ketones (excluding diaryl/α,β-unsaturated/α-hetero) is 1. The second kappa shape index (κ2) is 9.94. The third kappa shape index (κ3) is 4.73. The summed E-state index contributed by atoms with van der Waals surface area (Å²) in [5.41, 5.74) is 2.85. The van der Waals surface area contributed by atoms with Crippen LogP contribution in [0.5, 0.6) is 5.75 Å². The van der Waals surface area contributed by atoms with E-state index in [9.17, 15) is 14.7 Å². The molecule has 0 saturated carbocycles. The van der Waals surface area contributed by atoms with Gasteiger partial charge in [0.25, 0.3) is 11.7 Å². The van der Waals surface area contributed by atoms with Gasteiger partial charge >= 0.3 is 0 Å². The van der Waals surface area contributed by atoms with Gasteiger partial charge in [-0.15, -0.1) is 0 Å². The highest BCUT2D eigenvalue weighted by atomic mass is 16.5. The van der Waals surface area contributed by atoms with E-state index in [2.05, 4.69) is 13.8 Å². The molecule has 1 aliphatic rings. The normalized spacial score (nSPS) is 17.1. The van der Waals surface area contributed by atoms with Crippen molar-refractivity contribution in [1.29, 1.82) is 0 Å². The molecule has 4 aromatic rings. The lowest BCUT2D eigenvalue weighted by atomic mass is 9.94. The fourth-order valence-corrected chi connectivity index (χ4v) is 4.65. The van der Waals surface area contributed by atoms with Crippen LogP contribution in [-0.4, -0.2) is 23.4 Å². The van der Waals surface area contributed by atoms with Crippen LogP contribution < -0.4 is 9.64 Å². The number of aliphatic hydroxyl groups is 1. The minimum absolute atomic E-state index is 0.0573. The molecule has 1 amide bonds. The number of ketones is 1. The Morgan fingerprint density at radius 1 is 0.892 bits per heavy atom. The molecule has 1 atom stereocenters. The van der Waals surface area contributed by atoms with Crippen LogP contribution in [0, 0.1) is 12.8 Å². The average Bonchev–Trinajstić information content (AvgIpc) is 3.17. The standard InChI is InChI=1S/C32H29NO4/c1-20(2)19-37-27-10-6-9-24(18-27)29-28(30(34)25-14-13-22-7-4-5-8-23(22)17-25)31(35)32(36)33(29)26-15-11-21(3)12-16-26/h4-18,20,29,34H,19H2,1-3H3/b30-28-. The zero-order chi connectivity index (χ0) is 26.1. The predicted molar refractivity (Wildman–Crippen MR) is 147 cm³/mol. The van der Waals surface area contributed by atoms with E-state index in [4.69, 9.17) is 4.74 Å². The van der Waals surface area contributed by atoms with Crippen LogP contribution >= 0.6 is 0 Å². The summed E-state index contributed by atoms with van der Waals surface area (Å²) in [5, 5.41) is 13.5. The molecule has 5 heteroatoms. The van der Waals surface area contributed by atoms with Crippen molar-refractivity contribution in [1.82, 2.24) is 0 Å². The van der Waals surface area contributed by atoms with Crippen LogP contribution in [0.2, 0.25) is 0 Å². The first-order valence-corrected chi connectivity index (χ1v) is 12.4. The molecule has 0 bridgehead atoms. The molecule has 0 aliphatic carbocycles. The molecule has 1 unspecified atom stereocenters. The van der Waals surface area contributed by atoms with Crippen LogP contribution in [0.25, 0.3) is 16.5 Å². The summed E-state index contributed by atoms with van der Waals surface area (Å²) in [6, 6.07) is 27.3. The topological polar surface area (TPSA) is 66.8 Å². The highest BCUT2D eigenvalue weighted by Crippen LogP contribution is 2.43. The van der Waals surface area contributed by atoms with E-state index in [0.717, 1.165) is 16.3 Å². The molecule has 5 rings (SSSR count). The first-order valence-electron chi connectivity index (χ1n) is 12.4. The quantitative estimate of drug-likeness (QED) is 0.183. The van der Waals surface area contributed by atoms with Gasteiger partial charge in [0.05, 0.1) is 18.2 Å². The van der Waals surface area contributed by atoms with Crippen molar-refractivity contribution in [2.45, 2.75) is 26.8 Å². The summed E-state index contributed by atoms with van der Waals surface area (Å²) in [5.74, 6) is -0.604. The first kappa shape index (κ1) is 24.3. The van der Waals surface area contributed by atoms with Crippen molar-refractivity contribution in [2.75, 3.05) is 11.5 Å². The van der Waals surface area contributed by atoms with Crippen molar-refractivity contribution in [3.63, 3.8) is 0 Å². The van der Waals surface area contributed by atoms with Gasteiger partial charge in [0, 0.05) is 11.3 Å². The Labute approximate surface area is 216 Å².